The van der Waals surface area contributed by atoms with Crippen LogP contribution in [-0.2, 0) is 0 Å². The lowest BCUT2D eigenvalue weighted by Crippen LogP contribution is -2.12. The molecule has 0 aliphatic carbocycles. The SMILES string of the molecule is CCC(Nc1nc(NC)nc2nc[nH]c12)c1ccccc1. The van der Waals surface area contributed by atoms with Crippen molar-refractivity contribution < 1.29 is 0 Å². The summed E-state index contributed by atoms with van der Waals surface area (Å²) < 4.78 is 0. The second-order valence-electron chi connectivity index (χ2n) is 4.76. The molecule has 3 rings (SSSR count). The summed E-state index contributed by atoms with van der Waals surface area (Å²) in [6.07, 6.45) is 2.59. The molecule has 0 bridgehead atoms. The molecular formula is C15H18N6. The molecule has 0 radical (unpaired) electrons. The van der Waals surface area contributed by atoms with Gasteiger partial charge in [0.2, 0.25) is 5.95 Å². The Morgan fingerprint density at radius 3 is 2.71 bits per heavy atom. The van der Waals surface area contributed by atoms with Gasteiger partial charge < -0.3 is 15.6 Å². The molecule has 3 aromatic rings. The molecule has 108 valence electrons. The van der Waals surface area contributed by atoms with Gasteiger partial charge in [-0.25, -0.2) is 4.98 Å². The van der Waals surface area contributed by atoms with Crippen LogP contribution in [0.2, 0.25) is 0 Å². The highest BCUT2D eigenvalue weighted by Crippen LogP contribution is 2.25. The average molecular weight is 282 g/mol. The topological polar surface area (TPSA) is 78.5 Å². The highest BCUT2D eigenvalue weighted by atomic mass is 15.2. The monoisotopic (exact) mass is 282 g/mol. The van der Waals surface area contributed by atoms with E-state index in [1.54, 1.807) is 13.4 Å². The Kier molecular flexibility index (Phi) is 3.68. The summed E-state index contributed by atoms with van der Waals surface area (Å²) in [7, 11) is 1.80. The lowest BCUT2D eigenvalue weighted by atomic mass is 10.0. The third-order valence-electron chi connectivity index (χ3n) is 3.43. The van der Waals surface area contributed by atoms with Gasteiger partial charge in [0, 0.05) is 7.05 Å². The van der Waals surface area contributed by atoms with E-state index in [9.17, 15) is 0 Å². The summed E-state index contributed by atoms with van der Waals surface area (Å²) in [6.45, 7) is 2.15. The number of imidazole rings is 1. The van der Waals surface area contributed by atoms with E-state index in [-0.39, 0.29) is 6.04 Å². The minimum atomic E-state index is 0.192. The van der Waals surface area contributed by atoms with Crippen molar-refractivity contribution in [2.24, 2.45) is 0 Å². The van der Waals surface area contributed by atoms with Gasteiger partial charge in [0.25, 0.3) is 0 Å². The van der Waals surface area contributed by atoms with Crippen molar-refractivity contribution in [2.45, 2.75) is 19.4 Å². The fourth-order valence-electron chi connectivity index (χ4n) is 2.32. The molecule has 0 fully saturated rings. The minimum absolute atomic E-state index is 0.192. The number of rotatable bonds is 5. The molecule has 0 spiro atoms. The lowest BCUT2D eigenvalue weighted by molar-refractivity contribution is 0.745. The van der Waals surface area contributed by atoms with Gasteiger partial charge in [-0.2, -0.15) is 9.97 Å². The van der Waals surface area contributed by atoms with Crippen molar-refractivity contribution in [2.75, 3.05) is 17.7 Å². The molecule has 0 amide bonds. The number of fused-ring (bicyclic) bond motifs is 1. The fourth-order valence-corrected chi connectivity index (χ4v) is 2.32. The molecule has 1 unspecified atom stereocenters. The molecule has 3 N–H and O–H groups in total. The van der Waals surface area contributed by atoms with Gasteiger partial charge in [-0.15, -0.1) is 0 Å². The smallest absolute Gasteiger partial charge is 0.226 e. The van der Waals surface area contributed by atoms with Gasteiger partial charge in [-0.1, -0.05) is 37.3 Å². The fraction of sp³-hybridized carbons (Fsp3) is 0.267. The maximum Gasteiger partial charge on any atom is 0.226 e. The summed E-state index contributed by atoms with van der Waals surface area (Å²) in [6, 6.07) is 10.5. The Labute approximate surface area is 123 Å². The molecule has 0 saturated carbocycles. The van der Waals surface area contributed by atoms with Crippen LogP contribution >= 0.6 is 0 Å². The van der Waals surface area contributed by atoms with Crippen molar-refractivity contribution in [1.29, 1.82) is 0 Å². The highest BCUT2D eigenvalue weighted by Gasteiger charge is 2.14. The van der Waals surface area contributed by atoms with Crippen molar-refractivity contribution in [3.05, 3.63) is 42.2 Å². The predicted molar refractivity (Wildman–Crippen MR) is 84.3 cm³/mol. The first-order chi connectivity index (χ1) is 10.3. The van der Waals surface area contributed by atoms with Gasteiger partial charge in [0.15, 0.2) is 11.5 Å². The first-order valence-corrected chi connectivity index (χ1v) is 7.02. The Bertz CT molecular complexity index is 721. The summed E-state index contributed by atoms with van der Waals surface area (Å²) in [5, 5.41) is 6.45. The molecule has 1 aromatic carbocycles. The van der Waals surface area contributed by atoms with E-state index in [4.69, 9.17) is 0 Å². The summed E-state index contributed by atoms with van der Waals surface area (Å²) in [4.78, 5) is 16.1. The van der Waals surface area contributed by atoms with Crippen LogP contribution in [0, 0.1) is 0 Å². The minimum Gasteiger partial charge on any atom is -0.361 e. The standard InChI is InChI=1S/C15H18N6/c1-3-11(10-7-5-4-6-8-10)19-14-12-13(18-9-17-12)20-15(16-2)21-14/h4-9,11H,3H2,1-2H3,(H3,16,17,18,19,20,21). The largest absolute Gasteiger partial charge is 0.361 e. The number of nitrogens with one attached hydrogen (secondary N) is 3. The van der Waals surface area contributed by atoms with E-state index < -0.39 is 0 Å². The number of hydrogen-bond acceptors (Lipinski definition) is 5. The van der Waals surface area contributed by atoms with Crippen LogP contribution in [0.4, 0.5) is 11.8 Å². The molecule has 0 saturated heterocycles. The third-order valence-corrected chi connectivity index (χ3v) is 3.43. The normalized spacial score (nSPS) is 12.3. The quantitative estimate of drug-likeness (QED) is 0.670. The van der Waals surface area contributed by atoms with Crippen LogP contribution in [0.1, 0.15) is 24.9 Å². The number of aromatic nitrogens is 4. The second-order valence-corrected chi connectivity index (χ2v) is 4.76. The van der Waals surface area contributed by atoms with Gasteiger partial charge in [-0.05, 0) is 12.0 Å². The summed E-state index contributed by atoms with van der Waals surface area (Å²) in [5.41, 5.74) is 2.71. The zero-order valence-electron chi connectivity index (χ0n) is 12.1. The van der Waals surface area contributed by atoms with E-state index in [1.807, 2.05) is 18.2 Å². The van der Waals surface area contributed by atoms with E-state index in [2.05, 4.69) is 49.6 Å². The maximum absolute atomic E-state index is 4.50. The van der Waals surface area contributed by atoms with Crippen LogP contribution in [0.5, 0.6) is 0 Å². The predicted octanol–water partition coefficient (Wildman–Crippen LogP) is 2.96. The van der Waals surface area contributed by atoms with Gasteiger partial charge in [0.05, 0.1) is 12.4 Å². The number of aromatic amines is 1. The zero-order valence-corrected chi connectivity index (χ0v) is 12.1. The Hall–Kier alpha value is -2.63. The lowest BCUT2D eigenvalue weighted by Gasteiger charge is -2.18. The van der Waals surface area contributed by atoms with E-state index in [0.29, 0.717) is 11.6 Å². The molecular weight excluding hydrogens is 264 g/mol. The molecule has 2 aromatic heterocycles. The number of benzene rings is 1. The molecule has 0 aliphatic rings. The number of hydrogen-bond donors (Lipinski definition) is 3. The van der Waals surface area contributed by atoms with Gasteiger partial charge in [0.1, 0.15) is 5.52 Å². The zero-order chi connectivity index (χ0) is 14.7. The van der Waals surface area contributed by atoms with Crippen molar-refractivity contribution >= 4 is 22.9 Å². The number of H-pyrrole nitrogens is 1. The molecule has 21 heavy (non-hydrogen) atoms. The Balaban J connectivity index is 1.98. The average Bonchev–Trinajstić information content (AvgIpc) is 3.01. The first kappa shape index (κ1) is 13.4. The van der Waals surface area contributed by atoms with E-state index in [0.717, 1.165) is 17.8 Å². The van der Waals surface area contributed by atoms with Crippen LogP contribution in [0.25, 0.3) is 11.2 Å². The molecule has 2 heterocycles. The van der Waals surface area contributed by atoms with E-state index >= 15 is 0 Å². The second kappa shape index (κ2) is 5.78. The van der Waals surface area contributed by atoms with E-state index in [1.165, 1.54) is 5.56 Å². The van der Waals surface area contributed by atoms with Crippen molar-refractivity contribution in [3.63, 3.8) is 0 Å². The van der Waals surface area contributed by atoms with Crippen molar-refractivity contribution in [3.8, 4) is 0 Å². The Morgan fingerprint density at radius 1 is 1.19 bits per heavy atom. The van der Waals surface area contributed by atoms with Crippen LogP contribution < -0.4 is 10.6 Å². The molecule has 6 heteroatoms. The molecule has 6 nitrogen and oxygen atoms in total. The first-order valence-electron chi connectivity index (χ1n) is 7.02. The number of nitrogens with zero attached hydrogens (tertiary/aromatic N) is 3. The third kappa shape index (κ3) is 2.65. The van der Waals surface area contributed by atoms with Crippen LogP contribution in [-0.4, -0.2) is 27.0 Å². The molecule has 1 atom stereocenters. The highest BCUT2D eigenvalue weighted by molar-refractivity contribution is 5.83. The van der Waals surface area contributed by atoms with Crippen LogP contribution in [0.3, 0.4) is 0 Å². The summed E-state index contributed by atoms with van der Waals surface area (Å²) >= 11 is 0. The number of anilines is 2. The van der Waals surface area contributed by atoms with Gasteiger partial charge >= 0.3 is 0 Å². The summed E-state index contributed by atoms with van der Waals surface area (Å²) in [5.74, 6) is 1.32. The van der Waals surface area contributed by atoms with Crippen LogP contribution in [0.15, 0.2) is 36.7 Å². The van der Waals surface area contributed by atoms with Crippen molar-refractivity contribution in [1.82, 2.24) is 19.9 Å². The Morgan fingerprint density at radius 2 is 2.00 bits per heavy atom. The molecule has 0 aliphatic heterocycles. The maximum atomic E-state index is 4.50. The van der Waals surface area contributed by atoms with Gasteiger partial charge in [-0.3, -0.25) is 0 Å².